The molecule has 1 aromatic heterocycles. The number of hydrogen-bond acceptors (Lipinski definition) is 6. The molecular formula is C14H17N3O3S. The molecule has 7 heteroatoms. The van der Waals surface area contributed by atoms with E-state index in [1.807, 2.05) is 0 Å². The summed E-state index contributed by atoms with van der Waals surface area (Å²) in [4.78, 5) is 12.3. The van der Waals surface area contributed by atoms with Gasteiger partial charge in [0, 0.05) is 12.5 Å². The van der Waals surface area contributed by atoms with Crippen LogP contribution >= 0.6 is 11.3 Å². The SMILES string of the molecule is CCCc1nnc(NC(=O)c2ccc(OC)cc2OC)s1. The summed E-state index contributed by atoms with van der Waals surface area (Å²) in [6.07, 6.45) is 1.86. The summed E-state index contributed by atoms with van der Waals surface area (Å²) < 4.78 is 10.3. The zero-order chi connectivity index (χ0) is 15.2. The Balaban J connectivity index is 2.15. The van der Waals surface area contributed by atoms with Gasteiger partial charge in [0.15, 0.2) is 0 Å². The lowest BCUT2D eigenvalue weighted by molar-refractivity contribution is 0.102. The number of nitrogens with one attached hydrogen (secondary N) is 1. The van der Waals surface area contributed by atoms with Crippen molar-refractivity contribution in [1.82, 2.24) is 10.2 Å². The van der Waals surface area contributed by atoms with Crippen LogP contribution in [0.4, 0.5) is 5.13 Å². The van der Waals surface area contributed by atoms with E-state index in [0.717, 1.165) is 17.8 Å². The summed E-state index contributed by atoms with van der Waals surface area (Å²) >= 11 is 1.38. The number of amides is 1. The normalized spacial score (nSPS) is 10.2. The van der Waals surface area contributed by atoms with Crippen molar-refractivity contribution < 1.29 is 14.3 Å². The van der Waals surface area contributed by atoms with Crippen molar-refractivity contribution >= 4 is 22.4 Å². The van der Waals surface area contributed by atoms with Gasteiger partial charge < -0.3 is 9.47 Å². The molecule has 6 nitrogen and oxygen atoms in total. The van der Waals surface area contributed by atoms with E-state index < -0.39 is 0 Å². The maximum absolute atomic E-state index is 12.3. The molecule has 1 amide bonds. The first-order chi connectivity index (χ1) is 10.2. The number of rotatable bonds is 6. The molecule has 0 unspecified atom stereocenters. The van der Waals surface area contributed by atoms with Crippen LogP contribution in [-0.4, -0.2) is 30.3 Å². The van der Waals surface area contributed by atoms with Crippen LogP contribution in [0.15, 0.2) is 18.2 Å². The van der Waals surface area contributed by atoms with Gasteiger partial charge in [-0.2, -0.15) is 0 Å². The molecule has 1 N–H and O–H groups in total. The van der Waals surface area contributed by atoms with Crippen LogP contribution in [0.3, 0.4) is 0 Å². The quantitative estimate of drug-likeness (QED) is 0.888. The number of anilines is 1. The summed E-state index contributed by atoms with van der Waals surface area (Å²) in [7, 11) is 3.07. The number of nitrogens with zero attached hydrogens (tertiary/aromatic N) is 2. The Hall–Kier alpha value is -2.15. The zero-order valence-electron chi connectivity index (χ0n) is 12.2. The Kier molecular flexibility index (Phi) is 5.10. The highest BCUT2D eigenvalue weighted by molar-refractivity contribution is 7.15. The van der Waals surface area contributed by atoms with Gasteiger partial charge in [-0.15, -0.1) is 10.2 Å². The largest absolute Gasteiger partial charge is 0.497 e. The molecule has 0 saturated heterocycles. The summed E-state index contributed by atoms with van der Waals surface area (Å²) in [5, 5.41) is 12.1. The van der Waals surface area contributed by atoms with Gasteiger partial charge >= 0.3 is 0 Å². The molecule has 0 bridgehead atoms. The Bertz CT molecular complexity index is 628. The van der Waals surface area contributed by atoms with Crippen LogP contribution in [0, 0.1) is 0 Å². The van der Waals surface area contributed by atoms with Gasteiger partial charge in [0.25, 0.3) is 5.91 Å². The highest BCUT2D eigenvalue weighted by atomic mass is 32.1. The lowest BCUT2D eigenvalue weighted by Gasteiger charge is -2.09. The van der Waals surface area contributed by atoms with Gasteiger partial charge in [-0.3, -0.25) is 10.1 Å². The first-order valence-corrected chi connectivity index (χ1v) is 7.35. The Morgan fingerprint density at radius 1 is 1.29 bits per heavy atom. The van der Waals surface area contributed by atoms with Gasteiger partial charge in [0.05, 0.1) is 19.8 Å². The summed E-state index contributed by atoms with van der Waals surface area (Å²) in [6.45, 7) is 2.07. The highest BCUT2D eigenvalue weighted by Crippen LogP contribution is 2.26. The molecule has 21 heavy (non-hydrogen) atoms. The second-order valence-corrected chi connectivity index (χ2v) is 5.33. The number of aromatic nitrogens is 2. The minimum absolute atomic E-state index is 0.284. The molecule has 1 heterocycles. The van der Waals surface area contributed by atoms with Crippen LogP contribution in [-0.2, 0) is 6.42 Å². The predicted molar refractivity (Wildman–Crippen MR) is 81.4 cm³/mol. The average Bonchev–Trinajstić information content (AvgIpc) is 2.94. The molecule has 0 atom stereocenters. The second kappa shape index (κ2) is 7.03. The molecule has 0 fully saturated rings. The molecule has 0 radical (unpaired) electrons. The topological polar surface area (TPSA) is 73.3 Å². The standard InChI is InChI=1S/C14H17N3O3S/c1-4-5-12-16-17-14(21-12)15-13(18)10-7-6-9(19-2)8-11(10)20-3/h6-8H,4-5H2,1-3H3,(H,15,17,18). The summed E-state index contributed by atoms with van der Waals surface area (Å²) in [5.41, 5.74) is 0.422. The summed E-state index contributed by atoms with van der Waals surface area (Å²) in [5.74, 6) is 0.795. The van der Waals surface area contributed by atoms with E-state index in [4.69, 9.17) is 9.47 Å². The van der Waals surface area contributed by atoms with Crippen molar-refractivity contribution in [2.45, 2.75) is 19.8 Å². The van der Waals surface area contributed by atoms with Gasteiger partial charge in [-0.05, 0) is 18.6 Å². The maximum Gasteiger partial charge on any atom is 0.261 e. The molecule has 2 aromatic rings. The van der Waals surface area contributed by atoms with Crippen molar-refractivity contribution in [3.05, 3.63) is 28.8 Å². The van der Waals surface area contributed by atoms with E-state index in [9.17, 15) is 4.79 Å². The van der Waals surface area contributed by atoms with Crippen LogP contribution in [0.25, 0.3) is 0 Å². The van der Waals surface area contributed by atoms with Crippen LogP contribution in [0.2, 0.25) is 0 Å². The first kappa shape index (κ1) is 15.2. The van der Waals surface area contributed by atoms with Crippen molar-refractivity contribution in [2.75, 3.05) is 19.5 Å². The fourth-order valence-corrected chi connectivity index (χ4v) is 2.61. The van der Waals surface area contributed by atoms with E-state index in [-0.39, 0.29) is 5.91 Å². The maximum atomic E-state index is 12.3. The molecule has 112 valence electrons. The van der Waals surface area contributed by atoms with E-state index >= 15 is 0 Å². The first-order valence-electron chi connectivity index (χ1n) is 6.53. The smallest absolute Gasteiger partial charge is 0.261 e. The average molecular weight is 307 g/mol. The number of carbonyl (C=O) groups excluding carboxylic acids is 1. The lowest BCUT2D eigenvalue weighted by atomic mass is 10.2. The van der Waals surface area contributed by atoms with Crippen molar-refractivity contribution in [2.24, 2.45) is 0 Å². The Labute approximate surface area is 127 Å². The molecule has 2 rings (SSSR count). The number of ether oxygens (including phenoxy) is 2. The zero-order valence-corrected chi connectivity index (χ0v) is 13.0. The molecule has 0 saturated carbocycles. The monoisotopic (exact) mass is 307 g/mol. The van der Waals surface area contributed by atoms with Gasteiger partial charge in [0.2, 0.25) is 5.13 Å². The fourth-order valence-electron chi connectivity index (χ4n) is 1.77. The molecule has 0 spiro atoms. The molecule has 1 aromatic carbocycles. The Morgan fingerprint density at radius 3 is 2.76 bits per heavy atom. The highest BCUT2D eigenvalue weighted by Gasteiger charge is 2.15. The number of carbonyl (C=O) groups is 1. The number of methoxy groups -OCH3 is 2. The summed E-state index contributed by atoms with van der Waals surface area (Å²) in [6, 6.07) is 5.03. The van der Waals surface area contributed by atoms with Crippen molar-refractivity contribution in [3.63, 3.8) is 0 Å². The number of aryl methyl sites for hydroxylation is 1. The van der Waals surface area contributed by atoms with Gasteiger partial charge in [-0.25, -0.2) is 0 Å². The second-order valence-electron chi connectivity index (χ2n) is 4.27. The molecule has 0 aliphatic heterocycles. The molecule has 0 aliphatic carbocycles. The van der Waals surface area contributed by atoms with Gasteiger partial charge in [0.1, 0.15) is 16.5 Å². The van der Waals surface area contributed by atoms with Crippen molar-refractivity contribution in [1.29, 1.82) is 0 Å². The number of benzene rings is 1. The Morgan fingerprint density at radius 2 is 2.10 bits per heavy atom. The van der Waals surface area contributed by atoms with Crippen LogP contribution < -0.4 is 14.8 Å². The third-order valence-electron chi connectivity index (χ3n) is 2.80. The number of hydrogen-bond donors (Lipinski definition) is 1. The minimum Gasteiger partial charge on any atom is -0.497 e. The molecule has 0 aliphatic rings. The van der Waals surface area contributed by atoms with E-state index in [2.05, 4.69) is 22.4 Å². The third-order valence-corrected chi connectivity index (χ3v) is 3.70. The molecular weight excluding hydrogens is 290 g/mol. The lowest BCUT2D eigenvalue weighted by Crippen LogP contribution is -2.13. The third kappa shape index (κ3) is 3.69. The fraction of sp³-hybridized carbons (Fsp3) is 0.357. The van der Waals surface area contributed by atoms with E-state index in [1.54, 1.807) is 25.3 Å². The van der Waals surface area contributed by atoms with Gasteiger partial charge in [-0.1, -0.05) is 18.3 Å². The van der Waals surface area contributed by atoms with E-state index in [0.29, 0.717) is 22.2 Å². The van der Waals surface area contributed by atoms with Crippen LogP contribution in [0.1, 0.15) is 28.7 Å². The van der Waals surface area contributed by atoms with E-state index in [1.165, 1.54) is 18.4 Å². The predicted octanol–water partition coefficient (Wildman–Crippen LogP) is 2.76. The van der Waals surface area contributed by atoms with Crippen LogP contribution in [0.5, 0.6) is 11.5 Å². The van der Waals surface area contributed by atoms with Crippen molar-refractivity contribution in [3.8, 4) is 11.5 Å². The minimum atomic E-state index is -0.284.